The Morgan fingerprint density at radius 3 is 2.18 bits per heavy atom. The van der Waals surface area contributed by atoms with Gasteiger partial charge in [0.15, 0.2) is 0 Å². The summed E-state index contributed by atoms with van der Waals surface area (Å²) in [7, 11) is 1.22. The molecule has 4 atom stereocenters. The van der Waals surface area contributed by atoms with Gasteiger partial charge in [0, 0.05) is 6.20 Å². The van der Waals surface area contributed by atoms with E-state index in [9.17, 15) is 19.5 Å². The zero-order chi connectivity index (χ0) is 33.4. The van der Waals surface area contributed by atoms with Gasteiger partial charge in [-0.1, -0.05) is 75.4 Å². The van der Waals surface area contributed by atoms with Crippen molar-refractivity contribution in [1.82, 2.24) is 20.5 Å². The third-order valence-electron chi connectivity index (χ3n) is 6.98. The van der Waals surface area contributed by atoms with Gasteiger partial charge in [0.05, 0.1) is 36.2 Å². The third-order valence-corrected chi connectivity index (χ3v) is 7.81. The molecule has 3 aromatic rings. The van der Waals surface area contributed by atoms with Gasteiger partial charge in [-0.3, -0.25) is 14.7 Å². The van der Waals surface area contributed by atoms with Gasteiger partial charge in [0.1, 0.15) is 17.8 Å². The van der Waals surface area contributed by atoms with Crippen LogP contribution < -0.4 is 16.4 Å². The first kappa shape index (κ1) is 35.5. The van der Waals surface area contributed by atoms with E-state index in [1.54, 1.807) is 53.2 Å². The molecule has 1 unspecified atom stereocenters. The van der Waals surface area contributed by atoms with Gasteiger partial charge in [0.2, 0.25) is 5.91 Å². The Morgan fingerprint density at radius 2 is 1.64 bits per heavy atom. The number of rotatable bonds is 11. The van der Waals surface area contributed by atoms with Crippen LogP contribution in [0.15, 0.2) is 66.3 Å². The summed E-state index contributed by atoms with van der Waals surface area (Å²) in [6, 6.07) is 14.9. The Balaban J connectivity index is 1.92. The third kappa shape index (κ3) is 10.5. The molecule has 0 radical (unpaired) electrons. The number of hydrogen-bond acceptors (Lipinski definition) is 9. The summed E-state index contributed by atoms with van der Waals surface area (Å²) in [6.45, 7) is 10.4. The Hall–Kier alpha value is -4.00. The van der Waals surface area contributed by atoms with Gasteiger partial charge in [-0.25, -0.2) is 9.59 Å². The number of benzene rings is 2. The van der Waals surface area contributed by atoms with E-state index in [1.165, 1.54) is 23.3 Å². The molecule has 11 nitrogen and oxygen atoms in total. The Bertz CT molecular complexity index is 1390. The number of nitrogens with two attached hydrogens (primary N) is 1. The first-order chi connectivity index (χ1) is 21.1. The smallest absolute Gasteiger partial charge is 0.411 e. The lowest BCUT2D eigenvalue weighted by molar-refractivity contribution is -0.127. The van der Waals surface area contributed by atoms with Crippen molar-refractivity contribution in [2.24, 2.45) is 11.1 Å². The molecule has 45 heavy (non-hydrogen) atoms. The Kier molecular flexibility index (Phi) is 12.1. The molecule has 1 aromatic heterocycles. The molecule has 0 saturated carbocycles. The van der Waals surface area contributed by atoms with Crippen molar-refractivity contribution in [2.75, 3.05) is 13.7 Å². The molecule has 0 aliphatic heterocycles. The fourth-order valence-corrected chi connectivity index (χ4v) is 5.23. The Labute approximate surface area is 269 Å². The summed E-state index contributed by atoms with van der Waals surface area (Å²) < 4.78 is 10.4. The maximum absolute atomic E-state index is 13.6. The van der Waals surface area contributed by atoms with E-state index in [0.29, 0.717) is 5.56 Å². The minimum Gasteiger partial charge on any atom is -0.453 e. The van der Waals surface area contributed by atoms with Gasteiger partial charge < -0.3 is 30.9 Å². The number of nitrogens with one attached hydrogen (secondary N) is 2. The number of nitrogens with zero attached hydrogens (tertiary/aromatic N) is 2. The lowest BCUT2D eigenvalue weighted by atomic mass is 9.85. The highest BCUT2D eigenvalue weighted by Crippen LogP contribution is 2.27. The maximum atomic E-state index is 13.6. The number of thiazole rings is 1. The first-order valence-electron chi connectivity index (χ1n) is 14.7. The molecule has 1 heterocycles. The van der Waals surface area contributed by atoms with E-state index in [4.69, 9.17) is 15.2 Å². The second-order valence-corrected chi connectivity index (χ2v) is 13.8. The second kappa shape index (κ2) is 15.3. The number of methoxy groups -OCH3 is 1. The summed E-state index contributed by atoms with van der Waals surface area (Å²) in [5, 5.41) is 17.2. The van der Waals surface area contributed by atoms with Crippen molar-refractivity contribution in [2.45, 2.75) is 77.9 Å². The zero-order valence-corrected chi connectivity index (χ0v) is 27.8. The number of amides is 3. The quantitative estimate of drug-likeness (QED) is 0.217. The van der Waals surface area contributed by atoms with Crippen molar-refractivity contribution in [3.63, 3.8) is 0 Å². The summed E-state index contributed by atoms with van der Waals surface area (Å²) in [5.41, 5.74) is 9.33. The maximum Gasteiger partial charge on any atom is 0.411 e. The molecule has 244 valence electrons. The zero-order valence-electron chi connectivity index (χ0n) is 26.9. The van der Waals surface area contributed by atoms with E-state index < -0.39 is 53.5 Å². The Morgan fingerprint density at radius 1 is 1.00 bits per heavy atom. The lowest BCUT2D eigenvalue weighted by Gasteiger charge is -2.36. The number of aliphatic hydroxyl groups excluding tert-OH is 1. The van der Waals surface area contributed by atoms with Gasteiger partial charge in [0.25, 0.3) is 0 Å². The van der Waals surface area contributed by atoms with Crippen LogP contribution in [0.1, 0.15) is 58.8 Å². The number of alkyl carbamates (subject to hydrolysis) is 1. The molecular formula is C33H45N5O6S. The molecule has 0 aliphatic carbocycles. The molecular weight excluding hydrogens is 594 g/mol. The van der Waals surface area contributed by atoms with Crippen molar-refractivity contribution >= 4 is 29.4 Å². The van der Waals surface area contributed by atoms with Crippen LogP contribution in [0.25, 0.3) is 10.4 Å². The monoisotopic (exact) mass is 639 g/mol. The highest BCUT2D eigenvalue weighted by atomic mass is 32.1. The molecule has 2 aromatic carbocycles. The first-order valence-corrected chi connectivity index (χ1v) is 15.6. The molecule has 0 spiro atoms. The fourth-order valence-electron chi connectivity index (χ4n) is 4.60. The molecule has 0 aliphatic rings. The van der Waals surface area contributed by atoms with Gasteiger partial charge in [-0.05, 0) is 49.3 Å². The van der Waals surface area contributed by atoms with Crippen LogP contribution >= 0.6 is 11.3 Å². The van der Waals surface area contributed by atoms with E-state index in [0.717, 1.165) is 16.0 Å². The van der Waals surface area contributed by atoms with E-state index in [-0.39, 0.29) is 13.0 Å². The normalized spacial score (nSPS) is 14.4. The van der Waals surface area contributed by atoms with Crippen LogP contribution in [0.2, 0.25) is 0 Å². The predicted molar refractivity (Wildman–Crippen MR) is 174 cm³/mol. The van der Waals surface area contributed by atoms with Crippen molar-refractivity contribution in [3.05, 3.63) is 77.4 Å². The number of carbonyl (C=O) groups excluding carboxylic acids is 3. The summed E-state index contributed by atoms with van der Waals surface area (Å²) >= 11 is 1.51. The predicted octanol–water partition coefficient (Wildman–Crippen LogP) is 4.86. The van der Waals surface area contributed by atoms with E-state index in [2.05, 4.69) is 15.6 Å². The van der Waals surface area contributed by atoms with Crippen LogP contribution in [0.3, 0.4) is 0 Å². The second-order valence-electron chi connectivity index (χ2n) is 12.9. The number of carbonyl (C=O) groups is 3. The average Bonchev–Trinajstić information content (AvgIpc) is 3.52. The topological polar surface area (TPSA) is 156 Å². The summed E-state index contributed by atoms with van der Waals surface area (Å²) in [6.07, 6.45) is -1.71. The number of aromatic nitrogens is 1. The molecule has 5 N–H and O–H groups in total. The molecule has 0 bridgehead atoms. The van der Waals surface area contributed by atoms with Crippen molar-refractivity contribution < 1.29 is 29.0 Å². The molecule has 0 saturated heterocycles. The largest absolute Gasteiger partial charge is 0.453 e. The number of hydrogen-bond donors (Lipinski definition) is 4. The van der Waals surface area contributed by atoms with Crippen molar-refractivity contribution in [1.29, 1.82) is 0 Å². The highest BCUT2D eigenvalue weighted by Gasteiger charge is 2.37. The lowest BCUT2D eigenvalue weighted by Crippen LogP contribution is -2.59. The van der Waals surface area contributed by atoms with Crippen LogP contribution in [0.4, 0.5) is 9.59 Å². The standard InChI is InChI=1S/C33H45N5O6S/c1-32(2,3)27(37-30(41)43-7)29(40)36-24(17-21-11-9-8-10-12-21)25(39)19-38(31(42)44-33(4,5)6)28(34)23-15-13-22(14-16-23)26-18-35-20-45-26/h8-16,18,20,24-25,27-28,39H,17,19,34H2,1-7H3,(H,36,40)(H,37,41)/t24-,25-,27+,28?/m0/s1. The minimum absolute atomic E-state index is 0.240. The summed E-state index contributed by atoms with van der Waals surface area (Å²) in [4.78, 5) is 45.6. The number of aliphatic hydroxyl groups is 1. The van der Waals surface area contributed by atoms with Gasteiger partial charge in [-0.15, -0.1) is 11.3 Å². The fraction of sp³-hybridized carbons (Fsp3) is 0.455. The van der Waals surface area contributed by atoms with E-state index in [1.807, 2.05) is 54.6 Å². The highest BCUT2D eigenvalue weighted by molar-refractivity contribution is 7.13. The van der Waals surface area contributed by atoms with Crippen LogP contribution in [-0.2, 0) is 20.7 Å². The van der Waals surface area contributed by atoms with Crippen LogP contribution in [0, 0.1) is 5.41 Å². The minimum atomic E-state index is -1.28. The van der Waals surface area contributed by atoms with E-state index >= 15 is 0 Å². The van der Waals surface area contributed by atoms with Crippen LogP contribution in [-0.4, -0.2) is 70.5 Å². The summed E-state index contributed by atoms with van der Waals surface area (Å²) in [5.74, 6) is -0.514. The molecule has 3 amide bonds. The average molecular weight is 640 g/mol. The molecule has 0 fully saturated rings. The number of ether oxygens (including phenoxy) is 2. The van der Waals surface area contributed by atoms with Crippen molar-refractivity contribution in [3.8, 4) is 10.4 Å². The van der Waals surface area contributed by atoms with Gasteiger partial charge >= 0.3 is 12.2 Å². The molecule has 12 heteroatoms. The molecule has 3 rings (SSSR count). The SMILES string of the molecule is COC(=O)N[C@H](C(=O)N[C@@H](Cc1ccccc1)[C@@H](O)CN(C(=O)OC(C)(C)C)C(N)c1ccc(-c2cncs2)cc1)C(C)(C)C. The van der Waals surface area contributed by atoms with Gasteiger partial charge in [-0.2, -0.15) is 0 Å². The van der Waals surface area contributed by atoms with Crippen LogP contribution in [0.5, 0.6) is 0 Å².